The molecule has 1 fully saturated rings. The van der Waals surface area contributed by atoms with Crippen LogP contribution in [-0.2, 0) is 11.3 Å². The van der Waals surface area contributed by atoms with Gasteiger partial charge in [-0.25, -0.2) is 14.4 Å². The van der Waals surface area contributed by atoms with Gasteiger partial charge in [-0.15, -0.1) is 16.7 Å². The minimum Gasteiger partial charge on any atom is -0.271 e. The molecule has 146 valence electrons. The number of fused-ring (bicyclic) bond motifs is 1. The van der Waals surface area contributed by atoms with Gasteiger partial charge in [-0.3, -0.25) is 9.89 Å². The van der Waals surface area contributed by atoms with E-state index in [-0.39, 0.29) is 11.9 Å². The van der Waals surface area contributed by atoms with Crippen molar-refractivity contribution in [1.82, 2.24) is 29.9 Å². The molecule has 0 bridgehead atoms. The third-order valence-corrected chi connectivity index (χ3v) is 5.72. The standard InChI is InChI=1S/C19H16ClN7OS/c1-11-5-4-6-12(9-11)17-16(20)18(28)27(17)26-15(22-23-19(26)29)10-25-14-8-3-2-7-13(14)21-24-25/h2-9,16-17H,10H2,1H3,(H,23,29). The SMILES string of the molecule is Cc1cccc(C2C(Cl)C(=O)N2n2c(Cn3nnc4ccccc43)n[nH]c2=S)c1. The lowest BCUT2D eigenvalue weighted by atomic mass is 9.94. The molecule has 29 heavy (non-hydrogen) atoms. The minimum absolute atomic E-state index is 0.222. The van der Waals surface area contributed by atoms with Crippen LogP contribution in [0.25, 0.3) is 11.0 Å². The van der Waals surface area contributed by atoms with Gasteiger partial charge < -0.3 is 0 Å². The molecular formula is C19H16ClN7OS. The van der Waals surface area contributed by atoms with Gasteiger partial charge in [0.2, 0.25) is 4.77 Å². The first kappa shape index (κ1) is 18.0. The number of hydrogen-bond donors (Lipinski definition) is 1. The highest BCUT2D eigenvalue weighted by Gasteiger charge is 2.49. The summed E-state index contributed by atoms with van der Waals surface area (Å²) in [6.45, 7) is 2.30. The summed E-state index contributed by atoms with van der Waals surface area (Å²) in [5.74, 6) is 0.320. The Bertz CT molecular complexity index is 1290. The zero-order chi connectivity index (χ0) is 20.1. The molecular weight excluding hydrogens is 410 g/mol. The molecule has 0 aliphatic carbocycles. The van der Waals surface area contributed by atoms with Crippen LogP contribution in [0.5, 0.6) is 0 Å². The Balaban J connectivity index is 1.55. The van der Waals surface area contributed by atoms with E-state index in [4.69, 9.17) is 23.8 Å². The molecule has 0 radical (unpaired) electrons. The van der Waals surface area contributed by atoms with Crippen molar-refractivity contribution in [3.05, 3.63) is 70.3 Å². The van der Waals surface area contributed by atoms with Crippen LogP contribution >= 0.6 is 23.8 Å². The molecule has 1 saturated heterocycles. The van der Waals surface area contributed by atoms with Gasteiger partial charge in [0.1, 0.15) is 23.5 Å². The highest BCUT2D eigenvalue weighted by atomic mass is 35.5. The number of aryl methyl sites for hydroxylation is 1. The molecule has 8 nitrogen and oxygen atoms in total. The van der Waals surface area contributed by atoms with Gasteiger partial charge in [-0.1, -0.05) is 47.2 Å². The zero-order valence-electron chi connectivity index (χ0n) is 15.4. The van der Waals surface area contributed by atoms with Crippen LogP contribution in [0, 0.1) is 11.7 Å². The second-order valence-electron chi connectivity index (χ2n) is 6.94. The average Bonchev–Trinajstić information content (AvgIpc) is 3.29. The third-order valence-electron chi connectivity index (χ3n) is 5.03. The van der Waals surface area contributed by atoms with Crippen molar-refractivity contribution in [2.24, 2.45) is 0 Å². The number of carbonyl (C=O) groups excluding carboxylic acids is 1. The molecule has 2 atom stereocenters. The first-order chi connectivity index (χ1) is 14.0. The Kier molecular flexibility index (Phi) is 4.21. The maximum Gasteiger partial charge on any atom is 0.262 e. The van der Waals surface area contributed by atoms with E-state index in [0.29, 0.717) is 17.1 Å². The Labute approximate surface area is 175 Å². The summed E-state index contributed by atoms with van der Waals surface area (Å²) in [5.41, 5.74) is 3.70. The van der Waals surface area contributed by atoms with E-state index < -0.39 is 5.38 Å². The van der Waals surface area contributed by atoms with Crippen molar-refractivity contribution < 1.29 is 4.79 Å². The van der Waals surface area contributed by atoms with Crippen molar-refractivity contribution >= 4 is 40.8 Å². The van der Waals surface area contributed by atoms with Crippen LogP contribution in [-0.4, -0.2) is 41.2 Å². The van der Waals surface area contributed by atoms with E-state index >= 15 is 0 Å². The highest BCUT2D eigenvalue weighted by Crippen LogP contribution is 2.38. The minimum atomic E-state index is -0.659. The van der Waals surface area contributed by atoms with Crippen LogP contribution in [0.15, 0.2) is 48.5 Å². The van der Waals surface area contributed by atoms with Crippen LogP contribution in [0.4, 0.5) is 0 Å². The molecule has 3 heterocycles. The molecule has 5 rings (SSSR count). The second-order valence-corrected chi connectivity index (χ2v) is 7.79. The summed E-state index contributed by atoms with van der Waals surface area (Å²) in [6, 6.07) is 15.2. The summed E-state index contributed by atoms with van der Waals surface area (Å²) in [5, 5.41) is 16.4. The van der Waals surface area contributed by atoms with Crippen molar-refractivity contribution in [1.29, 1.82) is 0 Å². The Morgan fingerprint density at radius 1 is 1.21 bits per heavy atom. The van der Waals surface area contributed by atoms with Gasteiger partial charge in [-0.05, 0) is 36.8 Å². The fraction of sp³-hybridized carbons (Fsp3) is 0.211. The predicted molar refractivity (Wildman–Crippen MR) is 111 cm³/mol. The van der Waals surface area contributed by atoms with Crippen molar-refractivity contribution in [3.63, 3.8) is 0 Å². The molecule has 10 heteroatoms. The smallest absolute Gasteiger partial charge is 0.262 e. The number of aromatic amines is 1. The molecule has 2 aromatic carbocycles. The average molecular weight is 426 g/mol. The fourth-order valence-electron chi connectivity index (χ4n) is 3.64. The maximum atomic E-state index is 12.7. The van der Waals surface area contributed by atoms with E-state index in [1.807, 2.05) is 55.5 Å². The number of para-hydroxylation sites is 1. The maximum absolute atomic E-state index is 12.7. The van der Waals surface area contributed by atoms with Crippen LogP contribution in [0.2, 0.25) is 0 Å². The molecule has 2 aromatic heterocycles. The summed E-state index contributed by atoms with van der Waals surface area (Å²) in [7, 11) is 0. The number of halogens is 1. The first-order valence-electron chi connectivity index (χ1n) is 9.03. The lowest BCUT2D eigenvalue weighted by molar-refractivity contribution is -0.126. The van der Waals surface area contributed by atoms with Crippen molar-refractivity contribution in [2.45, 2.75) is 24.9 Å². The Morgan fingerprint density at radius 2 is 2.03 bits per heavy atom. The number of β-lactam (4-membered cyclic amide) rings is 1. The van der Waals surface area contributed by atoms with E-state index in [9.17, 15) is 4.79 Å². The number of rotatable bonds is 4. The Morgan fingerprint density at radius 3 is 2.86 bits per heavy atom. The second kappa shape index (κ2) is 6.78. The lowest BCUT2D eigenvalue weighted by Gasteiger charge is -2.44. The molecule has 1 aliphatic rings. The largest absolute Gasteiger partial charge is 0.271 e. The van der Waals surface area contributed by atoms with Gasteiger partial charge in [0.25, 0.3) is 5.91 Å². The van der Waals surface area contributed by atoms with E-state index in [1.54, 1.807) is 14.4 Å². The third kappa shape index (κ3) is 2.85. The van der Waals surface area contributed by atoms with E-state index in [2.05, 4.69) is 20.5 Å². The summed E-state index contributed by atoms with van der Waals surface area (Å²) >= 11 is 11.8. The molecule has 1 aliphatic heterocycles. The topological polar surface area (TPSA) is 84.6 Å². The molecule has 0 saturated carbocycles. The summed E-state index contributed by atoms with van der Waals surface area (Å²) in [6.07, 6.45) is 0. The number of H-pyrrole nitrogens is 1. The molecule has 1 N–H and O–H groups in total. The van der Waals surface area contributed by atoms with Crippen molar-refractivity contribution in [2.75, 3.05) is 5.01 Å². The molecule has 2 unspecified atom stereocenters. The zero-order valence-corrected chi connectivity index (χ0v) is 16.9. The first-order valence-corrected chi connectivity index (χ1v) is 9.87. The normalized spacial score (nSPS) is 19.0. The van der Waals surface area contributed by atoms with Gasteiger partial charge in [-0.2, -0.15) is 5.10 Å². The van der Waals surface area contributed by atoms with Gasteiger partial charge in [0.15, 0.2) is 5.82 Å². The number of nitrogens with zero attached hydrogens (tertiary/aromatic N) is 6. The number of carbonyl (C=O) groups is 1. The van der Waals surface area contributed by atoms with Crippen LogP contribution < -0.4 is 5.01 Å². The molecule has 0 spiro atoms. The monoisotopic (exact) mass is 425 g/mol. The number of amides is 1. The highest BCUT2D eigenvalue weighted by molar-refractivity contribution is 7.71. The van der Waals surface area contributed by atoms with E-state index in [0.717, 1.165) is 22.2 Å². The lowest BCUT2D eigenvalue weighted by Crippen LogP contribution is -2.62. The Hall–Kier alpha value is -3.04. The number of benzene rings is 2. The predicted octanol–water partition coefficient (Wildman–Crippen LogP) is 2.87. The summed E-state index contributed by atoms with van der Waals surface area (Å²) < 4.78 is 3.65. The quantitative estimate of drug-likeness (QED) is 0.309. The number of alkyl halides is 1. The van der Waals surface area contributed by atoms with Gasteiger partial charge in [0.05, 0.1) is 5.52 Å². The molecule has 1 amide bonds. The molecule has 4 aromatic rings. The number of aromatic nitrogens is 6. The van der Waals surface area contributed by atoms with Gasteiger partial charge >= 0.3 is 0 Å². The van der Waals surface area contributed by atoms with E-state index in [1.165, 1.54) is 0 Å². The number of hydrogen-bond acceptors (Lipinski definition) is 5. The van der Waals surface area contributed by atoms with Gasteiger partial charge in [0, 0.05) is 0 Å². The van der Waals surface area contributed by atoms with Crippen molar-refractivity contribution in [3.8, 4) is 0 Å². The van der Waals surface area contributed by atoms with Crippen LogP contribution in [0.3, 0.4) is 0 Å². The summed E-state index contributed by atoms with van der Waals surface area (Å²) in [4.78, 5) is 12.7. The fourth-order valence-corrected chi connectivity index (χ4v) is 4.24. The number of nitrogens with one attached hydrogen (secondary N) is 1. The van der Waals surface area contributed by atoms with Crippen LogP contribution in [0.1, 0.15) is 23.0 Å².